The Labute approximate surface area is 146 Å². The maximum Gasteiger partial charge on any atom is 0.199 e. The molecule has 0 unspecified atom stereocenters. The van der Waals surface area contributed by atoms with Crippen LogP contribution in [0.5, 0.6) is 5.75 Å². The molecule has 1 aromatic rings. The zero-order valence-corrected chi connectivity index (χ0v) is 15.4. The fourth-order valence-corrected chi connectivity index (χ4v) is 2.25. The Hall–Kier alpha value is -1.79. The predicted octanol–water partition coefficient (Wildman–Crippen LogP) is 2.37. The number of hydrogen-bond acceptors (Lipinski definition) is 4. The first kappa shape index (κ1) is 20.3. The van der Waals surface area contributed by atoms with E-state index >= 15 is 0 Å². The molecular formula is C18H32N4O2. The molecule has 0 aliphatic rings. The number of hydrogen-bond donors (Lipinski definition) is 2. The number of guanidine groups is 1. The van der Waals surface area contributed by atoms with Crippen molar-refractivity contribution in [2.75, 3.05) is 40.0 Å². The van der Waals surface area contributed by atoms with Crippen LogP contribution in [0.2, 0.25) is 0 Å². The number of aliphatic imine (C=N–C) groups is 1. The van der Waals surface area contributed by atoms with E-state index in [2.05, 4.69) is 31.0 Å². The van der Waals surface area contributed by atoms with E-state index in [0.717, 1.165) is 36.9 Å². The lowest BCUT2D eigenvalue weighted by molar-refractivity contribution is 0.146. The number of nitrogens with two attached hydrogens (primary N) is 1. The molecule has 6 nitrogen and oxygen atoms in total. The van der Waals surface area contributed by atoms with Gasteiger partial charge in [0, 0.05) is 26.2 Å². The summed E-state index contributed by atoms with van der Waals surface area (Å²) in [6.07, 6.45) is 0.918. The minimum absolute atomic E-state index is 0.371. The number of rotatable bonds is 10. The topological polar surface area (TPSA) is 72.1 Å². The summed E-state index contributed by atoms with van der Waals surface area (Å²) in [4.78, 5) is 7.01. The highest BCUT2D eigenvalue weighted by molar-refractivity contribution is 5.83. The quantitative estimate of drug-likeness (QED) is 0.390. The minimum Gasteiger partial charge on any atom is -0.491 e. The zero-order chi connectivity index (χ0) is 17.8. The Morgan fingerprint density at radius 3 is 2.50 bits per heavy atom. The zero-order valence-electron chi connectivity index (χ0n) is 15.4. The molecule has 0 saturated carbocycles. The van der Waals surface area contributed by atoms with Crippen molar-refractivity contribution in [1.29, 1.82) is 0 Å². The van der Waals surface area contributed by atoms with Gasteiger partial charge in [-0.2, -0.15) is 0 Å². The number of benzene rings is 1. The first-order valence-electron chi connectivity index (χ1n) is 8.63. The van der Waals surface area contributed by atoms with Gasteiger partial charge in [-0.1, -0.05) is 0 Å². The number of nitrogens with zero attached hydrogens (tertiary/aromatic N) is 2. The van der Waals surface area contributed by atoms with E-state index in [9.17, 15) is 0 Å². The average Bonchev–Trinajstić information content (AvgIpc) is 2.57. The van der Waals surface area contributed by atoms with Crippen LogP contribution in [0.3, 0.4) is 0 Å². The molecule has 0 aliphatic heterocycles. The Morgan fingerprint density at radius 2 is 1.96 bits per heavy atom. The van der Waals surface area contributed by atoms with Gasteiger partial charge in [0.15, 0.2) is 5.96 Å². The molecule has 136 valence electrons. The van der Waals surface area contributed by atoms with Gasteiger partial charge in [-0.25, -0.2) is 4.99 Å². The van der Waals surface area contributed by atoms with Gasteiger partial charge < -0.3 is 25.4 Å². The second kappa shape index (κ2) is 11.7. The molecule has 6 heteroatoms. The van der Waals surface area contributed by atoms with Crippen molar-refractivity contribution in [1.82, 2.24) is 10.2 Å². The van der Waals surface area contributed by atoms with Crippen LogP contribution in [-0.4, -0.2) is 56.9 Å². The molecule has 1 rings (SSSR count). The largest absolute Gasteiger partial charge is 0.491 e. The van der Waals surface area contributed by atoms with Crippen molar-refractivity contribution < 1.29 is 9.47 Å². The predicted molar refractivity (Wildman–Crippen MR) is 100 cm³/mol. The summed E-state index contributed by atoms with van der Waals surface area (Å²) in [6, 6.07) is 8.15. The maximum absolute atomic E-state index is 5.59. The Bertz CT molecular complexity index is 474. The van der Waals surface area contributed by atoms with Crippen LogP contribution in [0.4, 0.5) is 5.69 Å². The van der Waals surface area contributed by atoms with Crippen LogP contribution in [0.25, 0.3) is 0 Å². The lowest BCUT2D eigenvalue weighted by atomic mass is 10.3. The van der Waals surface area contributed by atoms with Crippen molar-refractivity contribution in [2.45, 2.75) is 33.2 Å². The molecule has 0 atom stereocenters. The standard InChI is InChI=1S/C18H32N4O2/c1-5-22(15(2)3)18(20-12-6-11-19)21-16-7-9-17(10-8-16)24-14-13-23-4/h7-10,15H,5-6,11-14,19H2,1-4H3,(H,20,21). The maximum atomic E-state index is 5.59. The molecule has 0 fully saturated rings. The highest BCUT2D eigenvalue weighted by Crippen LogP contribution is 2.19. The highest BCUT2D eigenvalue weighted by Gasteiger charge is 2.12. The van der Waals surface area contributed by atoms with Crippen molar-refractivity contribution in [3.8, 4) is 5.75 Å². The van der Waals surface area contributed by atoms with Crippen LogP contribution < -0.4 is 15.8 Å². The second-order valence-corrected chi connectivity index (χ2v) is 5.72. The summed E-state index contributed by atoms with van der Waals surface area (Å²) in [5, 5.41) is 3.41. The van der Waals surface area contributed by atoms with Gasteiger partial charge in [0.25, 0.3) is 0 Å². The van der Waals surface area contributed by atoms with Crippen LogP contribution in [-0.2, 0) is 4.74 Å². The summed E-state index contributed by atoms with van der Waals surface area (Å²) in [6.45, 7) is 9.96. The van der Waals surface area contributed by atoms with Crippen LogP contribution in [0.15, 0.2) is 29.3 Å². The third-order valence-corrected chi connectivity index (χ3v) is 3.53. The summed E-state index contributed by atoms with van der Waals surface area (Å²) < 4.78 is 10.6. The monoisotopic (exact) mass is 336 g/mol. The molecule has 0 heterocycles. The SMILES string of the molecule is CCN(/C(=N\c1ccc(OCCOC)cc1)NCCCN)C(C)C. The first-order valence-corrected chi connectivity index (χ1v) is 8.63. The van der Waals surface area contributed by atoms with Crippen LogP contribution >= 0.6 is 0 Å². The van der Waals surface area contributed by atoms with Gasteiger partial charge in [-0.3, -0.25) is 0 Å². The molecule has 1 aromatic carbocycles. The normalized spacial score (nSPS) is 11.7. The summed E-state index contributed by atoms with van der Waals surface area (Å²) in [5.41, 5.74) is 6.48. The van der Waals surface area contributed by atoms with Gasteiger partial charge in [0.05, 0.1) is 12.3 Å². The smallest absolute Gasteiger partial charge is 0.199 e. The molecule has 0 aromatic heterocycles. The van der Waals surface area contributed by atoms with E-state index in [0.29, 0.717) is 25.8 Å². The summed E-state index contributed by atoms with van der Waals surface area (Å²) >= 11 is 0. The van der Waals surface area contributed by atoms with Crippen molar-refractivity contribution in [3.63, 3.8) is 0 Å². The first-order chi connectivity index (χ1) is 11.6. The molecule has 3 N–H and O–H groups in total. The average molecular weight is 336 g/mol. The Morgan fingerprint density at radius 1 is 1.25 bits per heavy atom. The number of ether oxygens (including phenoxy) is 2. The van der Waals surface area contributed by atoms with Crippen molar-refractivity contribution in [3.05, 3.63) is 24.3 Å². The van der Waals surface area contributed by atoms with E-state index in [1.807, 2.05) is 24.3 Å². The third-order valence-electron chi connectivity index (χ3n) is 3.53. The van der Waals surface area contributed by atoms with Gasteiger partial charge in [-0.15, -0.1) is 0 Å². The van der Waals surface area contributed by atoms with Gasteiger partial charge in [0.2, 0.25) is 0 Å². The highest BCUT2D eigenvalue weighted by atomic mass is 16.5. The van der Waals surface area contributed by atoms with Crippen molar-refractivity contribution in [2.24, 2.45) is 10.7 Å². The fraction of sp³-hybridized carbons (Fsp3) is 0.611. The molecule has 0 bridgehead atoms. The third kappa shape index (κ3) is 7.19. The molecular weight excluding hydrogens is 304 g/mol. The van der Waals surface area contributed by atoms with E-state index in [1.54, 1.807) is 7.11 Å². The Balaban J connectivity index is 2.83. The van der Waals surface area contributed by atoms with E-state index in [-0.39, 0.29) is 0 Å². The van der Waals surface area contributed by atoms with E-state index < -0.39 is 0 Å². The molecule has 0 spiro atoms. The molecule has 0 saturated heterocycles. The van der Waals surface area contributed by atoms with E-state index in [4.69, 9.17) is 20.2 Å². The van der Waals surface area contributed by atoms with Gasteiger partial charge in [0.1, 0.15) is 12.4 Å². The lowest BCUT2D eigenvalue weighted by Crippen LogP contribution is -2.45. The second-order valence-electron chi connectivity index (χ2n) is 5.72. The summed E-state index contributed by atoms with van der Waals surface area (Å²) in [7, 11) is 1.66. The lowest BCUT2D eigenvalue weighted by Gasteiger charge is -2.29. The van der Waals surface area contributed by atoms with Crippen LogP contribution in [0, 0.1) is 0 Å². The number of nitrogens with one attached hydrogen (secondary N) is 1. The van der Waals surface area contributed by atoms with Crippen molar-refractivity contribution >= 4 is 11.6 Å². The minimum atomic E-state index is 0.371. The van der Waals surface area contributed by atoms with Crippen LogP contribution in [0.1, 0.15) is 27.2 Å². The van der Waals surface area contributed by atoms with Gasteiger partial charge >= 0.3 is 0 Å². The molecule has 0 aliphatic carbocycles. The Kier molecular flexibility index (Phi) is 9.88. The molecule has 24 heavy (non-hydrogen) atoms. The molecule has 0 radical (unpaired) electrons. The van der Waals surface area contributed by atoms with E-state index in [1.165, 1.54) is 0 Å². The summed E-state index contributed by atoms with van der Waals surface area (Å²) in [5.74, 6) is 1.70. The fourth-order valence-electron chi connectivity index (χ4n) is 2.25. The molecule has 0 amide bonds. The van der Waals surface area contributed by atoms with Gasteiger partial charge in [-0.05, 0) is 58.0 Å². The number of methoxy groups -OCH3 is 1.